The van der Waals surface area contributed by atoms with Crippen LogP contribution in [0.25, 0.3) is 0 Å². The van der Waals surface area contributed by atoms with Gasteiger partial charge in [0.1, 0.15) is 5.69 Å². The van der Waals surface area contributed by atoms with Gasteiger partial charge in [-0.25, -0.2) is 0 Å². The Hall–Kier alpha value is -3.08. The van der Waals surface area contributed by atoms with Crippen molar-refractivity contribution in [1.29, 1.82) is 0 Å². The van der Waals surface area contributed by atoms with E-state index in [4.69, 9.17) is 17.0 Å². The highest BCUT2D eigenvalue weighted by Crippen LogP contribution is 2.32. The van der Waals surface area contributed by atoms with Gasteiger partial charge in [-0.3, -0.25) is 20.0 Å². The molecule has 0 aliphatic rings. The van der Waals surface area contributed by atoms with Gasteiger partial charge in [-0.05, 0) is 25.2 Å². The summed E-state index contributed by atoms with van der Waals surface area (Å²) in [5, 5.41) is 30.8. The van der Waals surface area contributed by atoms with E-state index in [2.05, 4.69) is 15.3 Å². The van der Waals surface area contributed by atoms with Crippen LogP contribution in [-0.2, 0) is 0 Å². The number of benzene rings is 1. The van der Waals surface area contributed by atoms with Crippen LogP contribution in [-0.4, -0.2) is 38.2 Å². The van der Waals surface area contributed by atoms with Crippen molar-refractivity contribution in [3.05, 3.63) is 48.6 Å². The summed E-state index contributed by atoms with van der Waals surface area (Å²) in [6, 6.07) is 2.16. The molecule has 1 heterocycles. The van der Waals surface area contributed by atoms with E-state index in [9.17, 15) is 20.0 Å². The molecule has 0 amide bonds. The number of phenolic OH excluding ortho intramolecular Hbond substituents is 1. The predicted molar refractivity (Wildman–Crippen MR) is 82.7 cm³/mol. The molecule has 2 aromatic rings. The van der Waals surface area contributed by atoms with Crippen molar-refractivity contribution >= 4 is 24.1 Å². The third kappa shape index (κ3) is 3.23. The molecule has 2 N–H and O–H groups in total. The summed E-state index contributed by atoms with van der Waals surface area (Å²) in [5.41, 5.74) is -0.811. The van der Waals surface area contributed by atoms with Gasteiger partial charge < -0.3 is 9.84 Å². The van der Waals surface area contributed by atoms with E-state index in [1.54, 1.807) is 0 Å². The maximum absolute atomic E-state index is 11.9. The first-order chi connectivity index (χ1) is 10.8. The summed E-state index contributed by atoms with van der Waals surface area (Å²) in [6.07, 6.45) is 1.04. The Balaban J connectivity index is 2.59. The Kier molecular flexibility index (Phi) is 4.50. The number of methoxy groups -OCH3 is 1. The summed E-state index contributed by atoms with van der Waals surface area (Å²) < 4.78 is 5.59. The molecule has 0 unspecified atom stereocenters. The number of nitrogens with zero attached hydrogens (tertiary/aromatic N) is 4. The lowest BCUT2D eigenvalue weighted by molar-refractivity contribution is -0.385. The number of rotatable bonds is 4. The van der Waals surface area contributed by atoms with Crippen LogP contribution >= 0.6 is 12.2 Å². The van der Waals surface area contributed by atoms with E-state index in [-0.39, 0.29) is 33.2 Å². The normalized spacial score (nSPS) is 10.9. The van der Waals surface area contributed by atoms with Crippen molar-refractivity contribution < 1.29 is 14.8 Å². The largest absolute Gasteiger partial charge is 0.504 e. The number of nitrogens with one attached hydrogen (secondary N) is 1. The predicted octanol–water partition coefficient (Wildman–Crippen LogP) is 1.11. The van der Waals surface area contributed by atoms with Gasteiger partial charge in [0.05, 0.1) is 29.9 Å². The fourth-order valence-electron chi connectivity index (χ4n) is 1.70. The van der Waals surface area contributed by atoms with E-state index in [0.717, 1.165) is 23.0 Å². The summed E-state index contributed by atoms with van der Waals surface area (Å²) in [7, 11) is 1.27. The summed E-state index contributed by atoms with van der Waals surface area (Å²) >= 11 is 4.89. The Bertz CT molecular complexity index is 917. The van der Waals surface area contributed by atoms with Crippen molar-refractivity contribution in [3.63, 3.8) is 0 Å². The van der Waals surface area contributed by atoms with E-state index in [0.29, 0.717) is 0 Å². The van der Waals surface area contributed by atoms with Crippen molar-refractivity contribution in [2.75, 3.05) is 7.11 Å². The van der Waals surface area contributed by atoms with E-state index in [1.165, 1.54) is 14.0 Å². The number of aryl methyl sites for hydroxylation is 1. The van der Waals surface area contributed by atoms with Crippen molar-refractivity contribution in [2.45, 2.75) is 6.92 Å². The first kappa shape index (κ1) is 16.3. The first-order valence-electron chi connectivity index (χ1n) is 6.13. The van der Waals surface area contributed by atoms with Crippen LogP contribution in [0, 0.1) is 21.8 Å². The molecule has 1 aromatic heterocycles. The van der Waals surface area contributed by atoms with Crippen LogP contribution in [0.2, 0.25) is 0 Å². The second-order valence-electron chi connectivity index (χ2n) is 4.32. The summed E-state index contributed by atoms with van der Waals surface area (Å²) in [4.78, 5) is 22.3. The van der Waals surface area contributed by atoms with Crippen LogP contribution in [0.4, 0.5) is 5.69 Å². The molecule has 0 atom stereocenters. The Morgan fingerprint density at radius 1 is 1.57 bits per heavy atom. The zero-order chi connectivity index (χ0) is 17.1. The van der Waals surface area contributed by atoms with Gasteiger partial charge in [-0.2, -0.15) is 14.9 Å². The smallest absolute Gasteiger partial charge is 0.296 e. The Morgan fingerprint density at radius 2 is 2.26 bits per heavy atom. The van der Waals surface area contributed by atoms with E-state index in [1.807, 2.05) is 0 Å². The molecule has 0 saturated carbocycles. The fourth-order valence-corrected chi connectivity index (χ4v) is 1.87. The van der Waals surface area contributed by atoms with E-state index >= 15 is 0 Å². The zero-order valence-electron chi connectivity index (χ0n) is 12.0. The third-order valence-corrected chi connectivity index (χ3v) is 3.11. The highest BCUT2D eigenvalue weighted by molar-refractivity contribution is 7.71. The van der Waals surface area contributed by atoms with Crippen molar-refractivity contribution in [3.8, 4) is 11.5 Å². The average molecular weight is 337 g/mol. The number of hydrogen-bond donors (Lipinski definition) is 2. The van der Waals surface area contributed by atoms with Crippen LogP contribution in [0.5, 0.6) is 11.5 Å². The minimum Gasteiger partial charge on any atom is -0.504 e. The highest BCUT2D eigenvalue weighted by Gasteiger charge is 2.17. The minimum atomic E-state index is -0.662. The Morgan fingerprint density at radius 3 is 2.87 bits per heavy atom. The van der Waals surface area contributed by atoms with Crippen LogP contribution in [0.3, 0.4) is 0 Å². The molecule has 11 heteroatoms. The maximum Gasteiger partial charge on any atom is 0.296 e. The molecule has 0 radical (unpaired) electrons. The lowest BCUT2D eigenvalue weighted by atomic mass is 10.1. The van der Waals surface area contributed by atoms with Gasteiger partial charge in [-0.15, -0.1) is 0 Å². The Labute approximate surface area is 133 Å². The number of aromatic nitrogens is 3. The number of ether oxygens (including phenoxy) is 1. The second kappa shape index (κ2) is 6.36. The van der Waals surface area contributed by atoms with Gasteiger partial charge in [-0.1, -0.05) is 0 Å². The molecule has 0 bridgehead atoms. The number of aromatic hydroxyl groups is 1. The topological polar surface area (TPSA) is 136 Å². The van der Waals surface area contributed by atoms with E-state index < -0.39 is 10.5 Å². The number of phenols is 1. The van der Waals surface area contributed by atoms with Gasteiger partial charge in [0.2, 0.25) is 4.77 Å². The number of hydrogen-bond acceptors (Lipinski definition) is 8. The lowest BCUT2D eigenvalue weighted by Crippen LogP contribution is -2.22. The van der Waals surface area contributed by atoms with Crippen molar-refractivity contribution in [2.24, 2.45) is 5.10 Å². The quantitative estimate of drug-likeness (QED) is 0.369. The maximum atomic E-state index is 11.9. The monoisotopic (exact) mass is 337 g/mol. The van der Waals surface area contributed by atoms with Crippen molar-refractivity contribution in [1.82, 2.24) is 14.9 Å². The van der Waals surface area contributed by atoms with Gasteiger partial charge in [0.15, 0.2) is 11.5 Å². The molecule has 10 nitrogen and oxygen atoms in total. The molecular weight excluding hydrogens is 326 g/mol. The second-order valence-corrected chi connectivity index (χ2v) is 4.70. The number of aromatic amines is 1. The summed E-state index contributed by atoms with van der Waals surface area (Å²) in [5.74, 6) is -0.356. The molecule has 120 valence electrons. The molecule has 23 heavy (non-hydrogen) atoms. The fraction of sp³-hybridized carbons (Fsp3) is 0.167. The average Bonchev–Trinajstić information content (AvgIpc) is 2.51. The molecule has 0 saturated heterocycles. The van der Waals surface area contributed by atoms with Gasteiger partial charge in [0.25, 0.3) is 11.2 Å². The molecule has 0 fully saturated rings. The van der Waals surface area contributed by atoms with Crippen LogP contribution in [0.15, 0.2) is 22.0 Å². The highest BCUT2D eigenvalue weighted by atomic mass is 32.1. The van der Waals surface area contributed by atoms with Crippen LogP contribution in [0.1, 0.15) is 11.3 Å². The molecule has 0 aliphatic carbocycles. The zero-order valence-corrected chi connectivity index (χ0v) is 12.8. The van der Waals surface area contributed by atoms with Gasteiger partial charge in [0, 0.05) is 0 Å². The number of nitro groups is 1. The first-order valence-corrected chi connectivity index (χ1v) is 6.54. The SMILES string of the molecule is COc1cc([N+](=O)[O-])c(/C=N/n2c(=S)[nH]nc(C)c2=O)cc1O. The molecule has 0 aliphatic heterocycles. The summed E-state index contributed by atoms with van der Waals surface area (Å²) in [6.45, 7) is 1.46. The standard InChI is InChI=1S/C12H11N5O5S/c1-6-11(19)16(12(23)15-14-6)13-5-7-3-9(18)10(22-2)4-8(7)17(20)21/h3-5,18H,1-2H3,(H,15,23)/b13-5+. The number of H-pyrrole nitrogens is 1. The lowest BCUT2D eigenvalue weighted by Gasteiger charge is -2.05. The molecule has 0 spiro atoms. The molecule has 2 rings (SSSR count). The third-order valence-electron chi connectivity index (χ3n) is 2.85. The number of nitro benzene ring substituents is 1. The van der Waals surface area contributed by atoms with Crippen LogP contribution < -0.4 is 10.3 Å². The minimum absolute atomic E-state index is 0.0240. The molecule has 1 aromatic carbocycles. The molecular formula is C12H11N5O5S. The van der Waals surface area contributed by atoms with Gasteiger partial charge >= 0.3 is 0 Å².